The second-order valence-electron chi connectivity index (χ2n) is 2.86. The molecule has 0 aliphatic rings. The number of pyridine rings is 1. The summed E-state index contributed by atoms with van der Waals surface area (Å²) in [6, 6.07) is 1.86. The van der Waals surface area contributed by atoms with Crippen molar-refractivity contribution >= 4 is 6.29 Å². The van der Waals surface area contributed by atoms with Crippen molar-refractivity contribution in [3.05, 3.63) is 29.1 Å². The van der Waals surface area contributed by atoms with E-state index in [1.165, 1.54) is 0 Å². The summed E-state index contributed by atoms with van der Waals surface area (Å²) in [7, 11) is 0. The van der Waals surface area contributed by atoms with E-state index < -0.39 is 0 Å². The normalized spacial score (nSPS) is 9.83. The summed E-state index contributed by atoms with van der Waals surface area (Å²) in [5.74, 6) is 0. The van der Waals surface area contributed by atoms with E-state index >= 15 is 0 Å². The summed E-state index contributed by atoms with van der Waals surface area (Å²) in [6.45, 7) is 4.02. The van der Waals surface area contributed by atoms with E-state index in [0.717, 1.165) is 35.9 Å². The van der Waals surface area contributed by atoms with Gasteiger partial charge < -0.3 is 0 Å². The molecule has 0 aliphatic carbocycles. The molecule has 0 unspecified atom stereocenters. The monoisotopic (exact) mass is 163 g/mol. The van der Waals surface area contributed by atoms with Gasteiger partial charge in [-0.2, -0.15) is 0 Å². The van der Waals surface area contributed by atoms with Crippen LogP contribution in [0.1, 0.15) is 35.0 Å². The molecule has 0 bridgehead atoms. The Kier molecular flexibility index (Phi) is 2.97. The highest BCUT2D eigenvalue weighted by Crippen LogP contribution is 2.10. The molecule has 0 atom stereocenters. The van der Waals surface area contributed by atoms with Gasteiger partial charge in [0.2, 0.25) is 0 Å². The molecule has 12 heavy (non-hydrogen) atoms. The van der Waals surface area contributed by atoms with E-state index in [0.29, 0.717) is 0 Å². The van der Waals surface area contributed by atoms with Gasteiger partial charge in [-0.15, -0.1) is 0 Å². The molecule has 0 fully saturated rings. The Balaban J connectivity index is 3.09. The van der Waals surface area contributed by atoms with Gasteiger partial charge >= 0.3 is 0 Å². The van der Waals surface area contributed by atoms with Crippen molar-refractivity contribution in [1.82, 2.24) is 4.98 Å². The van der Waals surface area contributed by atoms with E-state index in [-0.39, 0.29) is 0 Å². The van der Waals surface area contributed by atoms with Gasteiger partial charge in [-0.05, 0) is 25.0 Å². The number of aldehydes is 1. The zero-order valence-electron chi connectivity index (χ0n) is 7.50. The van der Waals surface area contributed by atoms with Gasteiger partial charge in [-0.1, -0.05) is 13.3 Å². The maximum Gasteiger partial charge on any atom is 0.152 e. The Bertz CT molecular complexity index is 281. The van der Waals surface area contributed by atoms with Crippen LogP contribution in [0.3, 0.4) is 0 Å². The summed E-state index contributed by atoms with van der Waals surface area (Å²) in [5.41, 5.74) is 2.70. The Labute approximate surface area is 72.6 Å². The molecule has 64 valence electrons. The van der Waals surface area contributed by atoms with Crippen LogP contribution in [-0.4, -0.2) is 11.3 Å². The SMILES string of the molecule is CCCc1nccc(C)c1C=O. The lowest BCUT2D eigenvalue weighted by Gasteiger charge is -2.03. The van der Waals surface area contributed by atoms with Crippen molar-refractivity contribution in [2.75, 3.05) is 0 Å². The average Bonchev–Trinajstić information content (AvgIpc) is 2.05. The molecule has 0 N–H and O–H groups in total. The van der Waals surface area contributed by atoms with E-state index in [2.05, 4.69) is 11.9 Å². The van der Waals surface area contributed by atoms with Gasteiger partial charge in [0.05, 0.1) is 5.69 Å². The minimum Gasteiger partial charge on any atom is -0.298 e. The lowest BCUT2D eigenvalue weighted by molar-refractivity contribution is 0.112. The van der Waals surface area contributed by atoms with Crippen LogP contribution in [0.25, 0.3) is 0 Å². The molecule has 0 aliphatic heterocycles. The maximum atomic E-state index is 10.7. The van der Waals surface area contributed by atoms with E-state index in [1.54, 1.807) is 6.20 Å². The molecular formula is C10H13NO. The fourth-order valence-electron chi connectivity index (χ4n) is 1.22. The number of hydrogen-bond acceptors (Lipinski definition) is 2. The van der Waals surface area contributed by atoms with Gasteiger partial charge in [0.25, 0.3) is 0 Å². The maximum absolute atomic E-state index is 10.7. The van der Waals surface area contributed by atoms with E-state index in [9.17, 15) is 4.79 Å². The summed E-state index contributed by atoms with van der Waals surface area (Å²) >= 11 is 0. The largest absolute Gasteiger partial charge is 0.298 e. The third-order valence-electron chi connectivity index (χ3n) is 1.90. The predicted octanol–water partition coefficient (Wildman–Crippen LogP) is 2.16. The van der Waals surface area contributed by atoms with Crippen molar-refractivity contribution in [2.45, 2.75) is 26.7 Å². The molecule has 1 aromatic rings. The standard InChI is InChI=1S/C10H13NO/c1-3-4-10-9(7-12)8(2)5-6-11-10/h5-7H,3-4H2,1-2H3. The highest BCUT2D eigenvalue weighted by atomic mass is 16.1. The zero-order valence-corrected chi connectivity index (χ0v) is 7.50. The van der Waals surface area contributed by atoms with Crippen LogP contribution in [0.5, 0.6) is 0 Å². The third kappa shape index (κ3) is 1.70. The highest BCUT2D eigenvalue weighted by molar-refractivity contribution is 5.78. The summed E-state index contributed by atoms with van der Waals surface area (Å²) in [4.78, 5) is 14.9. The van der Waals surface area contributed by atoms with Crippen molar-refractivity contribution in [3.63, 3.8) is 0 Å². The molecule has 0 amide bonds. The second-order valence-corrected chi connectivity index (χ2v) is 2.86. The fourth-order valence-corrected chi connectivity index (χ4v) is 1.22. The molecule has 0 spiro atoms. The zero-order chi connectivity index (χ0) is 8.97. The summed E-state index contributed by atoms with van der Waals surface area (Å²) in [5, 5.41) is 0. The van der Waals surface area contributed by atoms with Gasteiger partial charge in [0.15, 0.2) is 6.29 Å². The number of nitrogens with zero attached hydrogens (tertiary/aromatic N) is 1. The van der Waals surface area contributed by atoms with Crippen LogP contribution in [0.2, 0.25) is 0 Å². The van der Waals surface area contributed by atoms with Crippen molar-refractivity contribution < 1.29 is 4.79 Å². The van der Waals surface area contributed by atoms with Gasteiger partial charge in [-0.25, -0.2) is 0 Å². The molecule has 1 rings (SSSR count). The summed E-state index contributed by atoms with van der Waals surface area (Å²) < 4.78 is 0. The number of carbonyl (C=O) groups is 1. The number of aryl methyl sites for hydroxylation is 2. The van der Waals surface area contributed by atoms with Gasteiger partial charge in [-0.3, -0.25) is 9.78 Å². The minimum atomic E-state index is 0.763. The molecule has 2 nitrogen and oxygen atoms in total. The lowest BCUT2D eigenvalue weighted by atomic mass is 10.1. The first-order valence-electron chi connectivity index (χ1n) is 4.19. The second kappa shape index (κ2) is 4.00. The first-order chi connectivity index (χ1) is 5.79. The van der Waals surface area contributed by atoms with Crippen LogP contribution in [0, 0.1) is 6.92 Å². The van der Waals surface area contributed by atoms with E-state index in [4.69, 9.17) is 0 Å². The highest BCUT2D eigenvalue weighted by Gasteiger charge is 2.03. The first-order valence-corrected chi connectivity index (χ1v) is 4.19. The number of carbonyl (C=O) groups excluding carboxylic acids is 1. The topological polar surface area (TPSA) is 30.0 Å². The fraction of sp³-hybridized carbons (Fsp3) is 0.400. The number of hydrogen-bond donors (Lipinski definition) is 0. The van der Waals surface area contributed by atoms with Crippen molar-refractivity contribution in [1.29, 1.82) is 0 Å². The van der Waals surface area contributed by atoms with Crippen LogP contribution in [-0.2, 0) is 6.42 Å². The van der Waals surface area contributed by atoms with Crippen LogP contribution in [0.4, 0.5) is 0 Å². The number of rotatable bonds is 3. The Morgan fingerprint density at radius 3 is 2.92 bits per heavy atom. The number of aromatic nitrogens is 1. The molecule has 0 saturated heterocycles. The van der Waals surface area contributed by atoms with Gasteiger partial charge in [0.1, 0.15) is 0 Å². The van der Waals surface area contributed by atoms with E-state index in [1.807, 2.05) is 13.0 Å². The smallest absolute Gasteiger partial charge is 0.152 e. The van der Waals surface area contributed by atoms with Crippen molar-refractivity contribution in [2.24, 2.45) is 0 Å². The molecule has 0 radical (unpaired) electrons. The molecule has 1 aromatic heterocycles. The molecule has 2 heteroatoms. The van der Waals surface area contributed by atoms with Gasteiger partial charge in [0, 0.05) is 11.8 Å². The molecule has 0 aromatic carbocycles. The lowest BCUT2D eigenvalue weighted by Crippen LogP contribution is -1.98. The van der Waals surface area contributed by atoms with Crippen LogP contribution in [0.15, 0.2) is 12.3 Å². The molecular weight excluding hydrogens is 150 g/mol. The Hall–Kier alpha value is -1.18. The molecule has 0 saturated carbocycles. The quantitative estimate of drug-likeness (QED) is 0.639. The third-order valence-corrected chi connectivity index (χ3v) is 1.90. The van der Waals surface area contributed by atoms with Crippen LogP contribution < -0.4 is 0 Å². The Morgan fingerprint density at radius 2 is 2.33 bits per heavy atom. The van der Waals surface area contributed by atoms with Crippen molar-refractivity contribution in [3.8, 4) is 0 Å². The van der Waals surface area contributed by atoms with Crippen LogP contribution >= 0.6 is 0 Å². The minimum absolute atomic E-state index is 0.763. The average molecular weight is 163 g/mol. The predicted molar refractivity (Wildman–Crippen MR) is 48.4 cm³/mol. The molecule has 1 heterocycles. The summed E-state index contributed by atoms with van der Waals surface area (Å²) in [6.07, 6.45) is 4.56. The first kappa shape index (κ1) is 8.91. The Morgan fingerprint density at radius 1 is 1.58 bits per heavy atom.